The molecule has 0 spiro atoms. The Balaban J connectivity index is 1.25. The first-order valence-corrected chi connectivity index (χ1v) is 17.4. The fourth-order valence-corrected chi connectivity index (χ4v) is 5.98. The highest BCUT2D eigenvalue weighted by atomic mass is 32.2. The second kappa shape index (κ2) is 17.6. The summed E-state index contributed by atoms with van der Waals surface area (Å²) in [6, 6.07) is 42.3. The number of aromatic nitrogens is 2. The van der Waals surface area contributed by atoms with E-state index in [0.717, 1.165) is 22.3 Å². The first-order valence-electron chi connectivity index (χ1n) is 16.2. The first kappa shape index (κ1) is 34.1. The molecule has 1 saturated heterocycles. The normalized spacial score (nSPS) is 19.1. The number of nitrogens with one attached hydrogen (secondary N) is 1. The standard InChI is InChI=1S/C39H39N5O4S/c1-49-39(42-37-33(22-40)44(28-41-37)23-29-14-6-2-7-15-29)43-38-36(47-26-32-20-12-5-13-21-32)35(46-25-31-18-10-4-11-19-31)34(48-38)27-45-24-30-16-8-3-9-17-30/h2-21,28,34-36,38H,23-27H2,1H3,(H,42,43). The van der Waals surface area contributed by atoms with Crippen LogP contribution < -0.4 is 5.32 Å². The van der Waals surface area contributed by atoms with Gasteiger partial charge in [-0.25, -0.2) is 9.98 Å². The monoisotopic (exact) mass is 673 g/mol. The molecule has 4 aromatic carbocycles. The van der Waals surface area contributed by atoms with Crippen molar-refractivity contribution in [2.75, 3.05) is 18.2 Å². The minimum absolute atomic E-state index is 0.288. The lowest BCUT2D eigenvalue weighted by Crippen LogP contribution is -2.39. The van der Waals surface area contributed by atoms with E-state index in [4.69, 9.17) is 23.9 Å². The van der Waals surface area contributed by atoms with E-state index >= 15 is 0 Å². The molecule has 1 aliphatic rings. The van der Waals surface area contributed by atoms with E-state index in [1.54, 1.807) is 6.33 Å². The van der Waals surface area contributed by atoms with Gasteiger partial charge in [0.1, 0.15) is 24.4 Å². The molecule has 4 unspecified atom stereocenters. The van der Waals surface area contributed by atoms with Crippen LogP contribution in [-0.2, 0) is 45.3 Å². The average molecular weight is 674 g/mol. The molecule has 9 nitrogen and oxygen atoms in total. The molecular formula is C39H39N5O4S. The Kier molecular flexibility index (Phi) is 12.2. The molecule has 0 saturated carbocycles. The maximum absolute atomic E-state index is 10.1. The second-order valence-electron chi connectivity index (χ2n) is 11.5. The number of rotatable bonds is 14. The Labute approximate surface area is 291 Å². The van der Waals surface area contributed by atoms with Gasteiger partial charge in [-0.15, -0.1) is 0 Å². The van der Waals surface area contributed by atoms with Crippen LogP contribution in [0.25, 0.3) is 0 Å². The predicted molar refractivity (Wildman–Crippen MR) is 192 cm³/mol. The van der Waals surface area contributed by atoms with Gasteiger partial charge in [0.2, 0.25) is 0 Å². The molecule has 6 rings (SSSR count). The zero-order valence-electron chi connectivity index (χ0n) is 27.3. The fourth-order valence-electron chi connectivity index (χ4n) is 5.57. The lowest BCUT2D eigenvalue weighted by atomic mass is 10.1. The van der Waals surface area contributed by atoms with Gasteiger partial charge in [-0.2, -0.15) is 5.26 Å². The Hall–Kier alpha value is -4.76. The summed E-state index contributed by atoms with van der Waals surface area (Å²) in [4.78, 5) is 9.52. The van der Waals surface area contributed by atoms with Gasteiger partial charge in [0.15, 0.2) is 22.9 Å². The van der Waals surface area contributed by atoms with Crippen LogP contribution in [0.15, 0.2) is 133 Å². The van der Waals surface area contributed by atoms with Crippen molar-refractivity contribution in [3.8, 4) is 6.07 Å². The minimum atomic E-state index is -0.721. The molecule has 1 aromatic heterocycles. The highest BCUT2D eigenvalue weighted by molar-refractivity contribution is 8.13. The van der Waals surface area contributed by atoms with Crippen LogP contribution in [0.4, 0.5) is 5.82 Å². The molecule has 4 atom stereocenters. The highest BCUT2D eigenvalue weighted by Gasteiger charge is 2.47. The van der Waals surface area contributed by atoms with E-state index in [9.17, 15) is 5.26 Å². The van der Waals surface area contributed by atoms with Crippen molar-refractivity contribution in [3.05, 3.63) is 156 Å². The number of nitriles is 1. The molecule has 250 valence electrons. The van der Waals surface area contributed by atoms with E-state index in [-0.39, 0.29) is 6.61 Å². The van der Waals surface area contributed by atoms with Gasteiger partial charge in [-0.05, 0) is 28.5 Å². The third-order valence-corrected chi connectivity index (χ3v) is 8.65. The van der Waals surface area contributed by atoms with Gasteiger partial charge in [-0.1, -0.05) is 133 Å². The largest absolute Gasteiger partial charge is 0.374 e. The summed E-state index contributed by atoms with van der Waals surface area (Å²) in [5.41, 5.74) is 4.62. The highest BCUT2D eigenvalue weighted by Crippen LogP contribution is 2.31. The molecule has 5 aromatic rings. The quantitative estimate of drug-likeness (QED) is 0.0989. The average Bonchev–Trinajstić information content (AvgIpc) is 3.69. The molecule has 0 aliphatic carbocycles. The SMILES string of the molecule is CSC(=NC1OC(COCc2ccccc2)C(OCc2ccccc2)C1OCc1ccccc1)Nc1ncn(Cc2ccccc2)c1C#N. The molecule has 1 N–H and O–H groups in total. The molecule has 0 bridgehead atoms. The van der Waals surface area contributed by atoms with Crippen LogP contribution in [0.1, 0.15) is 27.9 Å². The minimum Gasteiger partial charge on any atom is -0.374 e. The number of ether oxygens (including phenoxy) is 4. The van der Waals surface area contributed by atoms with Crippen molar-refractivity contribution in [2.24, 2.45) is 4.99 Å². The first-order chi connectivity index (χ1) is 24.2. The summed E-state index contributed by atoms with van der Waals surface area (Å²) in [5.74, 6) is 0.422. The van der Waals surface area contributed by atoms with Crippen molar-refractivity contribution < 1.29 is 18.9 Å². The molecule has 1 aliphatic heterocycles. The van der Waals surface area contributed by atoms with Crippen LogP contribution in [-0.4, -0.2) is 52.1 Å². The molecule has 0 amide bonds. The lowest BCUT2D eigenvalue weighted by molar-refractivity contribution is -0.0897. The molecule has 49 heavy (non-hydrogen) atoms. The van der Waals surface area contributed by atoms with Crippen molar-refractivity contribution in [1.29, 1.82) is 5.26 Å². The van der Waals surface area contributed by atoms with Crippen LogP contribution >= 0.6 is 11.8 Å². The molecular weight excluding hydrogens is 635 g/mol. The summed E-state index contributed by atoms with van der Waals surface area (Å²) >= 11 is 1.40. The number of nitrogens with zero attached hydrogens (tertiary/aromatic N) is 4. The molecule has 10 heteroatoms. The third-order valence-electron chi connectivity index (χ3n) is 8.05. The van der Waals surface area contributed by atoms with Gasteiger partial charge in [-0.3, -0.25) is 0 Å². The number of amidine groups is 1. The molecule has 2 heterocycles. The van der Waals surface area contributed by atoms with Crippen molar-refractivity contribution in [2.45, 2.75) is 50.9 Å². The Morgan fingerprint density at radius 3 is 1.88 bits per heavy atom. The maximum atomic E-state index is 10.1. The Bertz CT molecular complexity index is 1800. The molecule has 1 fully saturated rings. The van der Waals surface area contributed by atoms with E-state index in [1.165, 1.54) is 11.8 Å². The number of hydrogen-bond acceptors (Lipinski definition) is 8. The molecule has 0 radical (unpaired) electrons. The number of hydrogen-bond donors (Lipinski definition) is 1. The lowest BCUT2D eigenvalue weighted by Gasteiger charge is -2.24. The second-order valence-corrected chi connectivity index (χ2v) is 12.3. The number of anilines is 1. The van der Waals surface area contributed by atoms with Gasteiger partial charge >= 0.3 is 0 Å². The summed E-state index contributed by atoms with van der Waals surface area (Å²) in [6.45, 7) is 1.99. The maximum Gasteiger partial charge on any atom is 0.180 e. The van der Waals surface area contributed by atoms with Gasteiger partial charge in [0.05, 0.1) is 32.8 Å². The van der Waals surface area contributed by atoms with E-state index < -0.39 is 24.5 Å². The predicted octanol–water partition coefficient (Wildman–Crippen LogP) is 7.05. The van der Waals surface area contributed by atoms with Crippen LogP contribution in [0.5, 0.6) is 0 Å². The van der Waals surface area contributed by atoms with E-state index in [1.807, 2.05) is 132 Å². The smallest absolute Gasteiger partial charge is 0.180 e. The van der Waals surface area contributed by atoms with Gasteiger partial charge in [0.25, 0.3) is 0 Å². The summed E-state index contributed by atoms with van der Waals surface area (Å²) in [5, 5.41) is 13.9. The Morgan fingerprint density at radius 1 is 0.796 bits per heavy atom. The van der Waals surface area contributed by atoms with Crippen molar-refractivity contribution in [1.82, 2.24) is 9.55 Å². The van der Waals surface area contributed by atoms with Gasteiger partial charge in [0, 0.05) is 6.54 Å². The third kappa shape index (κ3) is 9.44. The summed E-state index contributed by atoms with van der Waals surface area (Å²) in [6.07, 6.45) is 1.38. The van der Waals surface area contributed by atoms with Crippen LogP contribution in [0.2, 0.25) is 0 Å². The Morgan fingerprint density at radius 2 is 1.33 bits per heavy atom. The number of thioether (sulfide) groups is 1. The van der Waals surface area contributed by atoms with Crippen molar-refractivity contribution >= 4 is 22.7 Å². The van der Waals surface area contributed by atoms with E-state index in [0.29, 0.717) is 43.0 Å². The van der Waals surface area contributed by atoms with Crippen LogP contribution in [0, 0.1) is 11.3 Å². The number of benzene rings is 4. The summed E-state index contributed by atoms with van der Waals surface area (Å²) < 4.78 is 27.8. The summed E-state index contributed by atoms with van der Waals surface area (Å²) in [7, 11) is 0. The van der Waals surface area contributed by atoms with Crippen LogP contribution in [0.3, 0.4) is 0 Å². The van der Waals surface area contributed by atoms with E-state index in [2.05, 4.69) is 16.4 Å². The number of imidazole rings is 1. The zero-order chi connectivity index (χ0) is 33.7. The topological polar surface area (TPSA) is 103 Å². The van der Waals surface area contributed by atoms with Crippen molar-refractivity contribution in [3.63, 3.8) is 0 Å². The number of aliphatic imine (C=N–C) groups is 1. The van der Waals surface area contributed by atoms with Gasteiger partial charge < -0.3 is 28.8 Å². The zero-order valence-corrected chi connectivity index (χ0v) is 28.1. The fraction of sp³-hybridized carbons (Fsp3) is 0.256.